The molecule has 0 fully saturated rings. The molecule has 0 saturated carbocycles. The molecule has 15 rings (SSSR count). The summed E-state index contributed by atoms with van der Waals surface area (Å²) in [6.45, 7) is 11.6. The van der Waals surface area contributed by atoms with E-state index in [1.807, 2.05) is 0 Å². The molecule has 0 amide bonds. The van der Waals surface area contributed by atoms with Crippen LogP contribution < -0.4 is 0 Å². The van der Waals surface area contributed by atoms with E-state index in [2.05, 4.69) is 199 Å². The van der Waals surface area contributed by atoms with E-state index in [9.17, 15) is 0 Å². The maximum atomic E-state index is 2.61. The standard InChI is InChI=1S/C64H46/c1-33-12-6-8-16-37(33)56-53-31-51-40-18-10-14-35-15-11-19-41(55(35)40)52(51)32-54(53)57(38-17-9-7-13-34(38)2)63-49-29-27-46-44-24-25-47-50-30-36(64(3,4)5)20-21-39(50)42-22-23-43(59(44)58(42)47)45-26-28-48(62(56)63)61(49)60(45)46/h6-32,35,55,60-61H,1-5H3. The zero-order chi connectivity index (χ0) is 42.5. The molecule has 8 aliphatic carbocycles. The van der Waals surface area contributed by atoms with Crippen LogP contribution in [0.15, 0.2) is 164 Å². The summed E-state index contributed by atoms with van der Waals surface area (Å²) in [6, 6.07) is 40.5. The van der Waals surface area contributed by atoms with Crippen LogP contribution in [0.5, 0.6) is 0 Å². The highest BCUT2D eigenvalue weighted by atomic mass is 14.5. The summed E-state index contributed by atoms with van der Waals surface area (Å²) in [5.74, 6) is 1.22. The van der Waals surface area contributed by atoms with Crippen LogP contribution in [0.1, 0.15) is 70.8 Å². The Kier molecular flexibility index (Phi) is 6.62. The lowest BCUT2D eigenvalue weighted by Crippen LogP contribution is -2.25. The van der Waals surface area contributed by atoms with Crippen molar-refractivity contribution in [2.75, 3.05) is 0 Å². The second-order valence-corrected chi connectivity index (χ2v) is 20.7. The molecule has 7 aromatic carbocycles. The fourth-order valence-corrected chi connectivity index (χ4v) is 13.7. The fourth-order valence-electron chi connectivity index (χ4n) is 13.7. The van der Waals surface area contributed by atoms with Crippen LogP contribution in [0, 0.1) is 37.5 Å². The first kappa shape index (κ1) is 35.4. The van der Waals surface area contributed by atoms with E-state index >= 15 is 0 Å². The van der Waals surface area contributed by atoms with Crippen molar-refractivity contribution in [3.05, 3.63) is 214 Å². The summed E-state index contributed by atoms with van der Waals surface area (Å²) in [5, 5.41) is 5.58. The molecule has 0 nitrogen and oxygen atoms in total. The van der Waals surface area contributed by atoms with Crippen molar-refractivity contribution >= 4 is 55.0 Å². The molecule has 0 bridgehead atoms. The molecule has 0 saturated heterocycles. The second-order valence-electron chi connectivity index (χ2n) is 20.7. The molecule has 0 heteroatoms. The van der Waals surface area contributed by atoms with Crippen molar-refractivity contribution in [1.82, 2.24) is 0 Å². The normalized spacial score (nSPS) is 21.6. The van der Waals surface area contributed by atoms with Gasteiger partial charge in [-0.05, 0) is 187 Å². The Hall–Kier alpha value is -7.02. The summed E-state index contributed by atoms with van der Waals surface area (Å²) < 4.78 is 0. The zero-order valence-corrected chi connectivity index (χ0v) is 36.9. The number of allylic oxidation sites excluding steroid dienone is 16. The first-order chi connectivity index (χ1) is 31.2. The lowest BCUT2D eigenvalue weighted by Gasteiger charge is -2.40. The molecule has 64 heavy (non-hydrogen) atoms. The highest BCUT2D eigenvalue weighted by molar-refractivity contribution is 6.26. The van der Waals surface area contributed by atoms with Gasteiger partial charge >= 0.3 is 0 Å². The van der Waals surface area contributed by atoms with E-state index in [1.54, 1.807) is 0 Å². The molecular formula is C64H46. The second kappa shape index (κ2) is 12.0. The van der Waals surface area contributed by atoms with Gasteiger partial charge in [-0.3, -0.25) is 0 Å². The highest BCUT2D eigenvalue weighted by Gasteiger charge is 2.49. The summed E-state index contributed by atoms with van der Waals surface area (Å²) in [4.78, 5) is 0. The average Bonchev–Trinajstić information content (AvgIpc) is 3.94. The predicted octanol–water partition coefficient (Wildman–Crippen LogP) is 16.6. The maximum absolute atomic E-state index is 2.61. The average molecular weight is 815 g/mol. The number of fused-ring (bicyclic) bond motifs is 12. The number of aryl methyl sites for hydroxylation is 2. The summed E-state index contributed by atoms with van der Waals surface area (Å²) in [5.41, 5.74) is 32.3. The first-order valence-corrected chi connectivity index (χ1v) is 23.4. The van der Waals surface area contributed by atoms with Crippen LogP contribution in [-0.2, 0) is 5.41 Å². The number of rotatable bonds is 2. The van der Waals surface area contributed by atoms with Crippen LogP contribution in [0.25, 0.3) is 99.5 Å². The van der Waals surface area contributed by atoms with Gasteiger partial charge in [0.25, 0.3) is 0 Å². The molecule has 8 aliphatic rings. The van der Waals surface area contributed by atoms with Crippen LogP contribution in [0.3, 0.4) is 0 Å². The Morgan fingerprint density at radius 3 is 1.36 bits per heavy atom. The molecule has 4 unspecified atom stereocenters. The monoisotopic (exact) mass is 814 g/mol. The minimum Gasteiger partial charge on any atom is -0.0767 e. The topological polar surface area (TPSA) is 0 Å². The van der Waals surface area contributed by atoms with Gasteiger partial charge < -0.3 is 0 Å². The van der Waals surface area contributed by atoms with E-state index in [-0.39, 0.29) is 17.3 Å². The molecule has 0 aliphatic heterocycles. The van der Waals surface area contributed by atoms with Gasteiger partial charge in [0.2, 0.25) is 0 Å². The number of hydrogen-bond donors (Lipinski definition) is 0. The van der Waals surface area contributed by atoms with Crippen LogP contribution in [-0.4, -0.2) is 0 Å². The van der Waals surface area contributed by atoms with Crippen molar-refractivity contribution in [2.24, 2.45) is 23.7 Å². The summed E-state index contributed by atoms with van der Waals surface area (Å²) in [7, 11) is 0. The fraction of sp³-hybridized carbons (Fsp3) is 0.156. The molecular weight excluding hydrogens is 769 g/mol. The van der Waals surface area contributed by atoms with Gasteiger partial charge in [-0.15, -0.1) is 0 Å². The highest BCUT2D eigenvalue weighted by Crippen LogP contribution is 2.67. The lowest BCUT2D eigenvalue weighted by molar-refractivity contribution is 0.590. The zero-order valence-electron chi connectivity index (χ0n) is 36.9. The van der Waals surface area contributed by atoms with E-state index in [4.69, 9.17) is 0 Å². The van der Waals surface area contributed by atoms with Gasteiger partial charge in [-0.1, -0.05) is 166 Å². The smallest absolute Gasteiger partial charge is 0.0212 e. The minimum absolute atomic E-state index is 0.0886. The molecule has 7 aromatic rings. The molecule has 0 aromatic heterocycles. The summed E-state index contributed by atoms with van der Waals surface area (Å²) >= 11 is 0. The molecule has 0 radical (unpaired) electrons. The number of hydrogen-bond acceptors (Lipinski definition) is 0. The van der Waals surface area contributed by atoms with E-state index in [1.165, 1.54) is 150 Å². The first-order valence-electron chi connectivity index (χ1n) is 23.4. The predicted molar refractivity (Wildman–Crippen MR) is 271 cm³/mol. The summed E-state index contributed by atoms with van der Waals surface area (Å²) in [6.07, 6.45) is 24.3. The van der Waals surface area contributed by atoms with Crippen molar-refractivity contribution < 1.29 is 0 Å². The van der Waals surface area contributed by atoms with Crippen molar-refractivity contribution in [1.29, 1.82) is 0 Å². The SMILES string of the molecule is Cc1ccccc1-c1c2c(c(-c3ccccc3C)c3cc4c(cc13)C1=CC=CC3C=CC=C4C13)C1=CC=C3c4ccc5c6c(ccc(c46)C4=CC=C2C1C43)-c1ccc(C(C)(C)C)cc1-5. The molecule has 4 atom stereocenters. The van der Waals surface area contributed by atoms with Gasteiger partial charge in [0.15, 0.2) is 0 Å². The van der Waals surface area contributed by atoms with Crippen LogP contribution >= 0.6 is 0 Å². The van der Waals surface area contributed by atoms with Gasteiger partial charge in [0.1, 0.15) is 0 Å². The van der Waals surface area contributed by atoms with Crippen LogP contribution in [0.4, 0.5) is 0 Å². The third-order valence-corrected chi connectivity index (χ3v) is 16.6. The molecule has 0 heterocycles. The largest absolute Gasteiger partial charge is 0.0767 e. The quantitative estimate of drug-likeness (QED) is 0.163. The Morgan fingerprint density at radius 2 is 0.812 bits per heavy atom. The van der Waals surface area contributed by atoms with Gasteiger partial charge in [0.05, 0.1) is 0 Å². The Bertz CT molecular complexity index is 3540. The Labute approximate surface area is 375 Å². The van der Waals surface area contributed by atoms with Gasteiger partial charge in [-0.25, -0.2) is 0 Å². The molecule has 302 valence electrons. The molecule has 0 N–H and O–H groups in total. The Balaban J connectivity index is 1.05. The van der Waals surface area contributed by atoms with E-state index in [0.29, 0.717) is 11.8 Å². The van der Waals surface area contributed by atoms with Crippen LogP contribution in [0.2, 0.25) is 0 Å². The minimum atomic E-state index is 0.0886. The third-order valence-electron chi connectivity index (χ3n) is 16.6. The maximum Gasteiger partial charge on any atom is 0.0212 e. The van der Waals surface area contributed by atoms with Crippen molar-refractivity contribution in [3.63, 3.8) is 0 Å². The Morgan fingerprint density at radius 1 is 0.359 bits per heavy atom. The lowest BCUT2D eigenvalue weighted by atomic mass is 9.62. The van der Waals surface area contributed by atoms with E-state index in [0.717, 1.165) is 0 Å². The van der Waals surface area contributed by atoms with E-state index < -0.39 is 0 Å². The van der Waals surface area contributed by atoms with Crippen molar-refractivity contribution in [3.8, 4) is 44.5 Å². The van der Waals surface area contributed by atoms with Crippen molar-refractivity contribution in [2.45, 2.75) is 40.0 Å². The molecule has 0 spiro atoms. The van der Waals surface area contributed by atoms with Gasteiger partial charge in [-0.2, -0.15) is 0 Å². The van der Waals surface area contributed by atoms with Gasteiger partial charge in [0, 0.05) is 23.7 Å². The number of benzene rings is 7. The third kappa shape index (κ3) is 4.26.